The highest BCUT2D eigenvalue weighted by Crippen LogP contribution is 2.08. The Morgan fingerprint density at radius 2 is 2.14 bits per heavy atom. The molecule has 14 heavy (non-hydrogen) atoms. The van der Waals surface area contributed by atoms with Crippen LogP contribution in [-0.4, -0.2) is 26.8 Å². The summed E-state index contributed by atoms with van der Waals surface area (Å²) in [6.07, 6.45) is 2.50. The molecule has 0 saturated carbocycles. The Morgan fingerprint density at radius 1 is 1.43 bits per heavy atom. The van der Waals surface area contributed by atoms with Gasteiger partial charge in [-0.2, -0.15) is 8.42 Å². The van der Waals surface area contributed by atoms with E-state index >= 15 is 0 Å². The van der Waals surface area contributed by atoms with Crippen molar-refractivity contribution < 1.29 is 17.3 Å². The van der Waals surface area contributed by atoms with Gasteiger partial charge in [0.25, 0.3) is 10.1 Å². The second kappa shape index (κ2) is 4.39. The molecule has 0 N–H and O–H groups in total. The van der Waals surface area contributed by atoms with E-state index in [0.29, 0.717) is 11.4 Å². The molecule has 1 rings (SSSR count). The Morgan fingerprint density at radius 3 is 2.57 bits per heavy atom. The molecule has 1 aromatic heterocycles. The fourth-order valence-electron chi connectivity index (χ4n) is 0.784. The minimum absolute atomic E-state index is 0.0528. The van der Waals surface area contributed by atoms with Crippen molar-refractivity contribution >= 4 is 10.1 Å². The van der Waals surface area contributed by atoms with Crippen molar-refractivity contribution in [2.45, 2.75) is 6.61 Å². The van der Waals surface area contributed by atoms with Crippen LogP contribution in [0.4, 0.5) is 0 Å². The molecule has 78 valence electrons. The number of ether oxygens (including phenoxy) is 1. The number of aromatic nitrogens is 1. The zero-order valence-electron chi connectivity index (χ0n) is 7.93. The molecule has 0 aliphatic carbocycles. The molecule has 0 aromatic carbocycles. The average molecular weight is 217 g/mol. The van der Waals surface area contributed by atoms with Gasteiger partial charge in [-0.1, -0.05) is 0 Å². The molecule has 0 unspecified atom stereocenters. The maximum Gasteiger partial charge on any atom is 0.264 e. The first-order valence-electron chi connectivity index (χ1n) is 3.84. The van der Waals surface area contributed by atoms with Gasteiger partial charge in [-0.3, -0.25) is 9.17 Å². The fraction of sp³-hybridized carbons (Fsp3) is 0.375. The summed E-state index contributed by atoms with van der Waals surface area (Å²) >= 11 is 0. The van der Waals surface area contributed by atoms with Gasteiger partial charge in [-0.15, -0.1) is 0 Å². The fourth-order valence-corrected chi connectivity index (χ4v) is 1.12. The Hall–Kier alpha value is -1.14. The van der Waals surface area contributed by atoms with E-state index in [1.54, 1.807) is 12.1 Å². The van der Waals surface area contributed by atoms with Crippen LogP contribution in [0.15, 0.2) is 18.3 Å². The van der Waals surface area contributed by atoms with Gasteiger partial charge < -0.3 is 4.74 Å². The third kappa shape index (κ3) is 3.71. The normalized spacial score (nSPS) is 11.3. The van der Waals surface area contributed by atoms with Gasteiger partial charge in [0.15, 0.2) is 0 Å². The predicted octanol–water partition coefficient (Wildman–Crippen LogP) is 0.566. The summed E-state index contributed by atoms with van der Waals surface area (Å²) < 4.78 is 30.8. The Kier molecular flexibility index (Phi) is 3.43. The number of pyridine rings is 1. The molecule has 0 aliphatic rings. The average Bonchev–Trinajstić information content (AvgIpc) is 2.14. The molecule has 0 atom stereocenters. The number of nitrogens with zero attached hydrogens (tertiary/aromatic N) is 1. The molecule has 5 nitrogen and oxygen atoms in total. The Labute approximate surface area is 82.8 Å². The summed E-state index contributed by atoms with van der Waals surface area (Å²) in [7, 11) is -1.88. The molecule has 6 heteroatoms. The first-order valence-corrected chi connectivity index (χ1v) is 5.66. The predicted molar refractivity (Wildman–Crippen MR) is 50.4 cm³/mol. The van der Waals surface area contributed by atoms with Crippen molar-refractivity contribution in [2.24, 2.45) is 0 Å². The standard InChI is InChI=1S/C8H11NO4S/c1-12-8-4-3-7(9-5-8)6-13-14(2,10)11/h3-5H,6H2,1-2H3. The zero-order chi connectivity index (χ0) is 10.6. The summed E-state index contributed by atoms with van der Waals surface area (Å²) in [6, 6.07) is 3.33. The zero-order valence-corrected chi connectivity index (χ0v) is 8.74. The van der Waals surface area contributed by atoms with Crippen molar-refractivity contribution in [3.8, 4) is 5.75 Å². The number of rotatable bonds is 4. The maximum absolute atomic E-state index is 10.7. The minimum atomic E-state index is -3.41. The van der Waals surface area contributed by atoms with Gasteiger partial charge in [0.2, 0.25) is 0 Å². The van der Waals surface area contributed by atoms with Crippen LogP contribution in [-0.2, 0) is 20.9 Å². The second-order valence-electron chi connectivity index (χ2n) is 2.66. The van der Waals surface area contributed by atoms with Gasteiger partial charge >= 0.3 is 0 Å². The first-order chi connectivity index (χ1) is 6.51. The highest BCUT2D eigenvalue weighted by Gasteiger charge is 2.03. The molecule has 0 spiro atoms. The van der Waals surface area contributed by atoms with E-state index in [2.05, 4.69) is 9.17 Å². The van der Waals surface area contributed by atoms with Crippen LogP contribution in [0, 0.1) is 0 Å². The largest absolute Gasteiger partial charge is 0.495 e. The van der Waals surface area contributed by atoms with E-state index in [9.17, 15) is 8.42 Å². The lowest BCUT2D eigenvalue weighted by Gasteiger charge is -2.02. The van der Waals surface area contributed by atoms with Crippen LogP contribution in [0.1, 0.15) is 5.69 Å². The quantitative estimate of drug-likeness (QED) is 0.690. The topological polar surface area (TPSA) is 65.5 Å². The number of hydrogen-bond donors (Lipinski definition) is 0. The third-order valence-electron chi connectivity index (χ3n) is 1.45. The summed E-state index contributed by atoms with van der Waals surface area (Å²) in [5.41, 5.74) is 0.538. The van der Waals surface area contributed by atoms with E-state index in [1.807, 2.05) is 0 Å². The van der Waals surface area contributed by atoms with Crippen LogP contribution in [0.2, 0.25) is 0 Å². The Bertz CT molecular complexity index is 384. The highest BCUT2D eigenvalue weighted by molar-refractivity contribution is 7.85. The van der Waals surface area contributed by atoms with Gasteiger partial charge in [0.05, 0.1) is 25.3 Å². The molecule has 0 aliphatic heterocycles. The van der Waals surface area contributed by atoms with Crippen LogP contribution in [0.25, 0.3) is 0 Å². The lowest BCUT2D eigenvalue weighted by molar-refractivity contribution is 0.306. The molecule has 0 fully saturated rings. The smallest absolute Gasteiger partial charge is 0.264 e. The summed E-state index contributed by atoms with van der Waals surface area (Å²) in [4.78, 5) is 3.94. The summed E-state index contributed by atoms with van der Waals surface area (Å²) in [5, 5.41) is 0. The van der Waals surface area contributed by atoms with E-state index < -0.39 is 10.1 Å². The highest BCUT2D eigenvalue weighted by atomic mass is 32.2. The van der Waals surface area contributed by atoms with Crippen molar-refractivity contribution in [1.82, 2.24) is 4.98 Å². The molecule has 0 saturated heterocycles. The van der Waals surface area contributed by atoms with Gasteiger partial charge in [-0.05, 0) is 12.1 Å². The SMILES string of the molecule is COc1ccc(COS(C)(=O)=O)nc1. The monoisotopic (exact) mass is 217 g/mol. The van der Waals surface area contributed by atoms with Gasteiger partial charge in [-0.25, -0.2) is 0 Å². The number of methoxy groups -OCH3 is 1. The van der Waals surface area contributed by atoms with E-state index in [1.165, 1.54) is 13.3 Å². The van der Waals surface area contributed by atoms with Crippen molar-refractivity contribution in [1.29, 1.82) is 0 Å². The summed E-state index contributed by atoms with van der Waals surface area (Å²) in [6.45, 7) is -0.0528. The molecule has 1 heterocycles. The molecule has 0 radical (unpaired) electrons. The van der Waals surface area contributed by atoms with Gasteiger partial charge in [0, 0.05) is 0 Å². The van der Waals surface area contributed by atoms with Gasteiger partial charge in [0.1, 0.15) is 12.4 Å². The molecule has 0 amide bonds. The second-order valence-corrected chi connectivity index (χ2v) is 4.30. The van der Waals surface area contributed by atoms with E-state index in [0.717, 1.165) is 6.26 Å². The van der Waals surface area contributed by atoms with Crippen LogP contribution >= 0.6 is 0 Å². The third-order valence-corrected chi connectivity index (χ3v) is 2.00. The Balaban J connectivity index is 2.61. The van der Waals surface area contributed by atoms with E-state index in [-0.39, 0.29) is 6.61 Å². The van der Waals surface area contributed by atoms with Crippen LogP contribution in [0.5, 0.6) is 5.75 Å². The molecule has 1 aromatic rings. The maximum atomic E-state index is 10.7. The molecular formula is C8H11NO4S. The molecule has 0 bridgehead atoms. The lowest BCUT2D eigenvalue weighted by atomic mass is 10.3. The molecular weight excluding hydrogens is 206 g/mol. The van der Waals surface area contributed by atoms with Crippen LogP contribution < -0.4 is 4.74 Å². The summed E-state index contributed by atoms with van der Waals surface area (Å²) in [5.74, 6) is 0.619. The first kappa shape index (κ1) is 10.9. The minimum Gasteiger partial charge on any atom is -0.495 e. The van der Waals surface area contributed by atoms with Crippen molar-refractivity contribution in [3.05, 3.63) is 24.0 Å². The van der Waals surface area contributed by atoms with E-state index in [4.69, 9.17) is 4.74 Å². The lowest BCUT2D eigenvalue weighted by Crippen LogP contribution is -2.03. The van der Waals surface area contributed by atoms with Crippen molar-refractivity contribution in [3.63, 3.8) is 0 Å². The van der Waals surface area contributed by atoms with Crippen LogP contribution in [0.3, 0.4) is 0 Å². The van der Waals surface area contributed by atoms with Crippen molar-refractivity contribution in [2.75, 3.05) is 13.4 Å². The number of hydrogen-bond acceptors (Lipinski definition) is 5.